The normalized spacial score (nSPS) is 20.6. The van der Waals surface area contributed by atoms with Crippen LogP contribution < -0.4 is 0 Å². The van der Waals surface area contributed by atoms with Gasteiger partial charge in [0, 0.05) is 12.8 Å². The zero-order valence-electron chi connectivity index (χ0n) is 36.2. The number of rotatable bonds is 38. The van der Waals surface area contributed by atoms with Crippen LogP contribution in [0.2, 0.25) is 0 Å². The average molecular weight is 847 g/mol. The summed E-state index contributed by atoms with van der Waals surface area (Å²) in [6, 6.07) is 0. The SMILES string of the molecule is CCCCCCCC/C=C/CCCCCCCC(=O)OC[C@H](CO[C@H]1O[C@H](CS(=O)(=O)O)[C@@H](O)C(O)C1O)OC(=O)CC/C=C/CCCCCCCCCCCCC. The molecule has 1 aliphatic heterocycles. The summed E-state index contributed by atoms with van der Waals surface area (Å²) < 4.78 is 54.0. The van der Waals surface area contributed by atoms with E-state index in [1.807, 2.05) is 6.08 Å². The Morgan fingerprint density at radius 3 is 1.50 bits per heavy atom. The maximum absolute atomic E-state index is 12.8. The van der Waals surface area contributed by atoms with Gasteiger partial charge in [-0.05, 0) is 51.4 Å². The molecular formula is C45H82O12S. The van der Waals surface area contributed by atoms with Crippen molar-refractivity contribution < 1.29 is 56.8 Å². The summed E-state index contributed by atoms with van der Waals surface area (Å²) in [4.78, 5) is 25.4. The molecule has 340 valence electrons. The second kappa shape index (κ2) is 35.8. The molecule has 12 nitrogen and oxygen atoms in total. The number of allylic oxidation sites excluding steroid dienone is 4. The van der Waals surface area contributed by atoms with Crippen LogP contribution >= 0.6 is 0 Å². The fraction of sp³-hybridized carbons (Fsp3) is 0.867. The van der Waals surface area contributed by atoms with Crippen LogP contribution in [0, 0.1) is 0 Å². The molecule has 0 spiro atoms. The van der Waals surface area contributed by atoms with E-state index in [0.29, 0.717) is 12.8 Å². The summed E-state index contributed by atoms with van der Waals surface area (Å²) in [5.41, 5.74) is 0. The van der Waals surface area contributed by atoms with Crippen molar-refractivity contribution in [3.63, 3.8) is 0 Å². The molecule has 1 aliphatic rings. The first kappa shape index (κ1) is 54.1. The third kappa shape index (κ3) is 30.2. The van der Waals surface area contributed by atoms with Crippen LogP contribution in [-0.2, 0) is 38.7 Å². The van der Waals surface area contributed by atoms with Crippen molar-refractivity contribution in [2.24, 2.45) is 0 Å². The molecule has 58 heavy (non-hydrogen) atoms. The molecule has 13 heteroatoms. The number of ether oxygens (including phenoxy) is 4. The highest BCUT2D eigenvalue weighted by Crippen LogP contribution is 2.24. The molecule has 2 unspecified atom stereocenters. The molecule has 0 aromatic carbocycles. The van der Waals surface area contributed by atoms with Crippen molar-refractivity contribution in [2.75, 3.05) is 19.0 Å². The van der Waals surface area contributed by atoms with E-state index in [9.17, 15) is 37.9 Å². The topological polar surface area (TPSA) is 186 Å². The van der Waals surface area contributed by atoms with Crippen molar-refractivity contribution in [3.05, 3.63) is 24.3 Å². The standard InChI is InChI=1S/C45H82O12S/c1-3-5-7-9-11-13-15-17-19-21-23-25-27-29-31-33-40(46)54-35-38(36-55-45-44(50)43(49)42(48)39(57-45)37-58(51,52)53)56-41(47)34-32-30-28-26-24-22-20-18-16-14-12-10-8-6-4-2/h17,19,28,30,38-39,42-45,48-50H,3-16,18,20-27,29,31-37H2,1-2H3,(H,51,52,53)/b19-17+,30-28+/t38-,39-,42-,43?,44?,45+/m1/s1. The number of carbonyl (C=O) groups excluding carboxylic acids is 2. The lowest BCUT2D eigenvalue weighted by molar-refractivity contribution is -0.297. The Hall–Kier alpha value is -1.87. The molecule has 0 aromatic heterocycles. The minimum absolute atomic E-state index is 0.0814. The van der Waals surface area contributed by atoms with Gasteiger partial charge >= 0.3 is 11.9 Å². The molecule has 1 saturated heterocycles. The Morgan fingerprint density at radius 1 is 0.569 bits per heavy atom. The first-order valence-corrected chi connectivity index (χ1v) is 24.5. The van der Waals surface area contributed by atoms with E-state index in [1.54, 1.807) is 0 Å². The van der Waals surface area contributed by atoms with Crippen molar-refractivity contribution >= 4 is 22.1 Å². The number of aliphatic hydroxyl groups is 3. The quantitative estimate of drug-likeness (QED) is 0.0200. The van der Waals surface area contributed by atoms with Gasteiger partial charge in [0.1, 0.15) is 36.8 Å². The lowest BCUT2D eigenvalue weighted by Crippen LogP contribution is -2.60. The van der Waals surface area contributed by atoms with E-state index in [4.69, 9.17) is 18.9 Å². The van der Waals surface area contributed by atoms with Gasteiger partial charge in [-0.1, -0.05) is 154 Å². The minimum Gasteiger partial charge on any atom is -0.462 e. The highest BCUT2D eigenvalue weighted by Gasteiger charge is 2.46. The number of aliphatic hydroxyl groups excluding tert-OH is 3. The van der Waals surface area contributed by atoms with Crippen molar-refractivity contribution in [3.8, 4) is 0 Å². The van der Waals surface area contributed by atoms with Gasteiger partial charge in [-0.2, -0.15) is 8.42 Å². The van der Waals surface area contributed by atoms with Crippen LogP contribution in [-0.4, -0.2) is 96.0 Å². The second-order valence-electron chi connectivity index (χ2n) is 16.1. The smallest absolute Gasteiger partial charge is 0.306 e. The van der Waals surface area contributed by atoms with Crippen molar-refractivity contribution in [1.29, 1.82) is 0 Å². The van der Waals surface area contributed by atoms with Gasteiger partial charge in [-0.15, -0.1) is 0 Å². The van der Waals surface area contributed by atoms with E-state index in [-0.39, 0.29) is 19.4 Å². The molecule has 4 N–H and O–H groups in total. The van der Waals surface area contributed by atoms with E-state index >= 15 is 0 Å². The second-order valence-corrected chi connectivity index (χ2v) is 17.6. The number of carbonyl (C=O) groups is 2. The molecule has 0 radical (unpaired) electrons. The van der Waals surface area contributed by atoms with E-state index in [1.165, 1.54) is 103 Å². The number of esters is 2. The first-order valence-electron chi connectivity index (χ1n) is 22.9. The zero-order chi connectivity index (χ0) is 42.7. The summed E-state index contributed by atoms with van der Waals surface area (Å²) in [5.74, 6) is -2.05. The minimum atomic E-state index is -4.60. The Kier molecular flexibility index (Phi) is 33.5. The van der Waals surface area contributed by atoms with Crippen LogP contribution in [0.4, 0.5) is 0 Å². The van der Waals surface area contributed by atoms with Crippen LogP contribution in [0.1, 0.15) is 194 Å². The van der Waals surface area contributed by atoms with Gasteiger partial charge in [-0.25, -0.2) is 0 Å². The predicted molar refractivity (Wildman–Crippen MR) is 229 cm³/mol. The number of hydrogen-bond donors (Lipinski definition) is 4. The third-order valence-corrected chi connectivity index (χ3v) is 11.3. The fourth-order valence-corrected chi connectivity index (χ4v) is 7.62. The molecule has 0 aliphatic carbocycles. The maximum Gasteiger partial charge on any atom is 0.306 e. The van der Waals surface area contributed by atoms with Crippen molar-refractivity contribution in [2.45, 2.75) is 230 Å². The summed E-state index contributed by atoms with van der Waals surface area (Å²) in [7, 11) is -4.60. The molecule has 1 heterocycles. The Bertz CT molecular complexity index is 1180. The summed E-state index contributed by atoms with van der Waals surface area (Å²) in [5, 5.41) is 30.9. The van der Waals surface area contributed by atoms with Gasteiger partial charge in [0.25, 0.3) is 10.1 Å². The highest BCUT2D eigenvalue weighted by atomic mass is 32.2. The van der Waals surface area contributed by atoms with Crippen LogP contribution in [0.3, 0.4) is 0 Å². The van der Waals surface area contributed by atoms with Gasteiger partial charge < -0.3 is 34.3 Å². The lowest BCUT2D eigenvalue weighted by Gasteiger charge is -2.40. The highest BCUT2D eigenvalue weighted by molar-refractivity contribution is 7.85. The molecule has 0 bridgehead atoms. The Balaban J connectivity index is 2.47. The number of unbranched alkanes of at least 4 members (excludes halogenated alkanes) is 22. The average Bonchev–Trinajstić information content (AvgIpc) is 3.18. The number of hydrogen-bond acceptors (Lipinski definition) is 11. The first-order chi connectivity index (χ1) is 28.0. The zero-order valence-corrected chi connectivity index (χ0v) is 37.0. The van der Waals surface area contributed by atoms with E-state index < -0.39 is 71.2 Å². The van der Waals surface area contributed by atoms with Gasteiger partial charge in [-0.3, -0.25) is 14.1 Å². The fourth-order valence-electron chi connectivity index (χ4n) is 6.92. The van der Waals surface area contributed by atoms with Crippen LogP contribution in [0.25, 0.3) is 0 Å². The molecule has 0 amide bonds. The molecule has 1 rings (SSSR count). The van der Waals surface area contributed by atoms with Gasteiger partial charge in [0.15, 0.2) is 12.4 Å². The Labute approximate surface area is 351 Å². The van der Waals surface area contributed by atoms with E-state index in [2.05, 4.69) is 32.1 Å². The van der Waals surface area contributed by atoms with Crippen LogP contribution in [0.15, 0.2) is 24.3 Å². The monoisotopic (exact) mass is 847 g/mol. The third-order valence-electron chi connectivity index (χ3n) is 10.5. The summed E-state index contributed by atoms with van der Waals surface area (Å²) in [6.07, 6.45) is 29.5. The lowest BCUT2D eigenvalue weighted by atomic mass is 10.00. The summed E-state index contributed by atoms with van der Waals surface area (Å²) >= 11 is 0. The van der Waals surface area contributed by atoms with E-state index in [0.717, 1.165) is 51.4 Å². The molecule has 1 fully saturated rings. The summed E-state index contributed by atoms with van der Waals surface area (Å²) in [6.45, 7) is 3.72. The maximum atomic E-state index is 12.8. The van der Waals surface area contributed by atoms with Crippen LogP contribution in [0.5, 0.6) is 0 Å². The Morgan fingerprint density at radius 2 is 1.02 bits per heavy atom. The van der Waals surface area contributed by atoms with Gasteiger partial charge in [0.2, 0.25) is 0 Å². The van der Waals surface area contributed by atoms with Crippen molar-refractivity contribution in [1.82, 2.24) is 0 Å². The molecule has 6 atom stereocenters. The largest absolute Gasteiger partial charge is 0.462 e. The molecular weight excluding hydrogens is 765 g/mol. The predicted octanol–water partition coefficient (Wildman–Crippen LogP) is 9.23. The molecule has 0 aromatic rings. The molecule has 0 saturated carbocycles. The van der Waals surface area contributed by atoms with Gasteiger partial charge in [0.05, 0.1) is 6.61 Å².